The molecule has 1 aromatic carbocycles. The molecule has 0 saturated heterocycles. The van der Waals surface area contributed by atoms with Crippen molar-refractivity contribution >= 4 is 45.7 Å². The molecule has 1 aromatic heterocycles. The second-order valence-electron chi connectivity index (χ2n) is 5.78. The van der Waals surface area contributed by atoms with Gasteiger partial charge in [-0.2, -0.15) is 0 Å². The first-order valence-corrected chi connectivity index (χ1v) is 9.86. The van der Waals surface area contributed by atoms with E-state index in [9.17, 15) is 14.7 Å². The Bertz CT molecular complexity index is 802. The van der Waals surface area contributed by atoms with E-state index in [1.54, 1.807) is 11.8 Å². The molecule has 1 heterocycles. The van der Waals surface area contributed by atoms with Crippen LogP contribution in [0.3, 0.4) is 0 Å². The van der Waals surface area contributed by atoms with Crippen LogP contribution in [0.4, 0.5) is 15.5 Å². The lowest BCUT2D eigenvalue weighted by Gasteiger charge is -2.17. The lowest BCUT2D eigenvalue weighted by atomic mass is 9.93. The molecule has 0 bridgehead atoms. The third-order valence-electron chi connectivity index (χ3n) is 4.06. The molecule has 0 spiro atoms. The van der Waals surface area contributed by atoms with Crippen LogP contribution in [0.15, 0.2) is 29.2 Å². The summed E-state index contributed by atoms with van der Waals surface area (Å²) >= 11 is 2.92. The number of carbonyl (C=O) groups is 2. The van der Waals surface area contributed by atoms with E-state index >= 15 is 0 Å². The maximum atomic E-state index is 12.3. The van der Waals surface area contributed by atoms with Gasteiger partial charge in [0.05, 0.1) is 11.7 Å². The fourth-order valence-electron chi connectivity index (χ4n) is 2.86. The van der Waals surface area contributed by atoms with Crippen LogP contribution < -0.4 is 16.4 Å². The van der Waals surface area contributed by atoms with Crippen molar-refractivity contribution in [1.29, 1.82) is 0 Å². The number of primary amides is 1. The zero-order valence-corrected chi connectivity index (χ0v) is 15.3. The molecule has 0 radical (unpaired) electrons. The Balaban J connectivity index is 1.77. The smallest absolute Gasteiger partial charge is 0.324 e. The van der Waals surface area contributed by atoms with Gasteiger partial charge in [0.1, 0.15) is 5.00 Å². The molecule has 2 aromatic rings. The number of amides is 3. The molecular formula is C17H19N3O3S2. The number of thioether (sulfide) groups is 1. The Morgan fingerprint density at radius 2 is 2.00 bits per heavy atom. The number of urea groups is 1. The van der Waals surface area contributed by atoms with Crippen molar-refractivity contribution in [3.05, 3.63) is 40.3 Å². The minimum atomic E-state index is -0.562. The summed E-state index contributed by atoms with van der Waals surface area (Å²) in [5, 5.41) is 15.7. The number of hydrogen-bond donors (Lipinski definition) is 4. The van der Waals surface area contributed by atoms with Crippen LogP contribution >= 0.6 is 23.1 Å². The van der Waals surface area contributed by atoms with E-state index in [1.807, 2.05) is 30.5 Å². The van der Waals surface area contributed by atoms with Crippen molar-refractivity contribution in [3.63, 3.8) is 0 Å². The summed E-state index contributed by atoms with van der Waals surface area (Å²) < 4.78 is 0. The molecule has 5 N–H and O–H groups in total. The van der Waals surface area contributed by atoms with Gasteiger partial charge in [-0.1, -0.05) is 0 Å². The fraction of sp³-hybridized carbons (Fsp3) is 0.294. The third kappa shape index (κ3) is 3.97. The number of anilines is 2. The first-order valence-electron chi connectivity index (χ1n) is 7.82. The van der Waals surface area contributed by atoms with Crippen molar-refractivity contribution in [2.24, 2.45) is 5.73 Å². The van der Waals surface area contributed by atoms with Crippen molar-refractivity contribution in [1.82, 2.24) is 0 Å². The summed E-state index contributed by atoms with van der Waals surface area (Å²) in [6.07, 6.45) is 3.24. The Kier molecular flexibility index (Phi) is 5.31. The Morgan fingerprint density at radius 1 is 1.28 bits per heavy atom. The Labute approximate surface area is 153 Å². The fourth-order valence-corrected chi connectivity index (χ4v) is 4.58. The van der Waals surface area contributed by atoms with Gasteiger partial charge in [0.15, 0.2) is 0 Å². The van der Waals surface area contributed by atoms with Crippen LogP contribution in [-0.2, 0) is 12.8 Å². The second kappa shape index (κ2) is 7.47. The van der Waals surface area contributed by atoms with Gasteiger partial charge in [-0.3, -0.25) is 10.1 Å². The molecule has 6 nitrogen and oxygen atoms in total. The van der Waals surface area contributed by atoms with E-state index in [4.69, 9.17) is 5.73 Å². The number of carbonyl (C=O) groups excluding carboxylic acids is 2. The number of fused-ring (bicyclic) bond motifs is 1. The van der Waals surface area contributed by atoms with Gasteiger partial charge < -0.3 is 16.2 Å². The van der Waals surface area contributed by atoms with E-state index in [0.29, 0.717) is 35.5 Å². The van der Waals surface area contributed by atoms with E-state index in [2.05, 4.69) is 10.6 Å². The molecule has 0 aliphatic heterocycles. The summed E-state index contributed by atoms with van der Waals surface area (Å²) in [6.45, 7) is 0. The maximum absolute atomic E-state index is 12.3. The van der Waals surface area contributed by atoms with Crippen LogP contribution in [0.1, 0.15) is 27.2 Å². The van der Waals surface area contributed by atoms with Crippen molar-refractivity contribution < 1.29 is 14.7 Å². The molecule has 1 atom stereocenters. The van der Waals surface area contributed by atoms with E-state index in [0.717, 1.165) is 15.3 Å². The lowest BCUT2D eigenvalue weighted by Crippen LogP contribution is -2.23. The number of thiophene rings is 1. The predicted octanol–water partition coefficient (Wildman–Crippen LogP) is 3.06. The minimum absolute atomic E-state index is 0.361. The number of aliphatic hydroxyl groups excluding tert-OH is 1. The standard InChI is InChI=1S/C17H19N3O3S2/c1-24-11-5-2-9(3-6-11)19-17(23)20-16-14(15(18)22)12-7-4-10(21)8-13(12)25-16/h2-3,5-6,10,21H,4,7-8H2,1H3,(H2,18,22)(H2,19,20,23). The number of rotatable bonds is 4. The van der Waals surface area contributed by atoms with Gasteiger partial charge in [0.2, 0.25) is 0 Å². The van der Waals surface area contributed by atoms with Crippen LogP contribution in [0, 0.1) is 0 Å². The average Bonchev–Trinajstić information content (AvgIpc) is 2.92. The quantitative estimate of drug-likeness (QED) is 0.615. The summed E-state index contributed by atoms with van der Waals surface area (Å²) in [7, 11) is 0. The SMILES string of the molecule is CSc1ccc(NC(=O)Nc2sc3c(c2C(N)=O)CCC(O)C3)cc1. The normalized spacial score (nSPS) is 16.2. The van der Waals surface area contributed by atoms with Gasteiger partial charge >= 0.3 is 6.03 Å². The maximum Gasteiger partial charge on any atom is 0.324 e. The molecule has 25 heavy (non-hydrogen) atoms. The number of aliphatic hydroxyl groups is 1. The Hall–Kier alpha value is -2.03. The Morgan fingerprint density at radius 3 is 2.64 bits per heavy atom. The van der Waals surface area contributed by atoms with E-state index in [-0.39, 0.29) is 0 Å². The summed E-state index contributed by atoms with van der Waals surface area (Å²) in [4.78, 5) is 26.1. The van der Waals surface area contributed by atoms with Crippen LogP contribution in [0.25, 0.3) is 0 Å². The van der Waals surface area contributed by atoms with Gasteiger partial charge in [0.25, 0.3) is 5.91 Å². The number of hydrogen-bond acceptors (Lipinski definition) is 5. The molecule has 3 amide bonds. The highest BCUT2D eigenvalue weighted by molar-refractivity contribution is 7.98. The zero-order valence-electron chi connectivity index (χ0n) is 13.7. The number of nitrogens with two attached hydrogens (primary N) is 1. The molecule has 132 valence electrons. The van der Waals surface area contributed by atoms with E-state index in [1.165, 1.54) is 11.3 Å². The molecule has 1 aliphatic rings. The second-order valence-corrected chi connectivity index (χ2v) is 7.76. The van der Waals surface area contributed by atoms with Crippen molar-refractivity contribution in [3.8, 4) is 0 Å². The molecule has 0 saturated carbocycles. The number of benzene rings is 1. The summed E-state index contributed by atoms with van der Waals surface area (Å²) in [5.74, 6) is -0.562. The monoisotopic (exact) mass is 377 g/mol. The minimum Gasteiger partial charge on any atom is -0.393 e. The summed E-state index contributed by atoms with van der Waals surface area (Å²) in [5.41, 5.74) is 7.38. The first kappa shape index (κ1) is 17.8. The van der Waals surface area contributed by atoms with Gasteiger partial charge in [-0.05, 0) is 48.9 Å². The van der Waals surface area contributed by atoms with E-state index < -0.39 is 18.0 Å². The highest BCUT2D eigenvalue weighted by atomic mass is 32.2. The third-order valence-corrected chi connectivity index (χ3v) is 5.97. The highest BCUT2D eigenvalue weighted by Crippen LogP contribution is 2.38. The number of nitrogens with one attached hydrogen (secondary N) is 2. The van der Waals surface area contributed by atoms with Gasteiger partial charge in [-0.25, -0.2) is 4.79 Å². The lowest BCUT2D eigenvalue weighted by molar-refractivity contribution is 0.0999. The predicted molar refractivity (Wildman–Crippen MR) is 102 cm³/mol. The molecule has 1 unspecified atom stereocenters. The zero-order chi connectivity index (χ0) is 18.0. The average molecular weight is 377 g/mol. The molecule has 8 heteroatoms. The molecule has 0 fully saturated rings. The highest BCUT2D eigenvalue weighted by Gasteiger charge is 2.27. The van der Waals surface area contributed by atoms with Crippen LogP contribution in [-0.4, -0.2) is 29.4 Å². The molecular weight excluding hydrogens is 358 g/mol. The molecule has 3 rings (SSSR count). The van der Waals surface area contributed by atoms with Crippen LogP contribution in [0.5, 0.6) is 0 Å². The first-order chi connectivity index (χ1) is 12.0. The van der Waals surface area contributed by atoms with Gasteiger partial charge in [0, 0.05) is 21.9 Å². The largest absolute Gasteiger partial charge is 0.393 e. The topological polar surface area (TPSA) is 104 Å². The molecule has 1 aliphatic carbocycles. The van der Waals surface area contributed by atoms with Crippen molar-refractivity contribution in [2.45, 2.75) is 30.3 Å². The summed E-state index contributed by atoms with van der Waals surface area (Å²) in [6, 6.07) is 7.03. The van der Waals surface area contributed by atoms with Gasteiger partial charge in [-0.15, -0.1) is 23.1 Å². The van der Waals surface area contributed by atoms with Crippen LogP contribution in [0.2, 0.25) is 0 Å². The van der Waals surface area contributed by atoms with Crippen molar-refractivity contribution in [2.75, 3.05) is 16.9 Å².